The number of benzene rings is 1. The Morgan fingerprint density at radius 3 is 3.15 bits per heavy atom. The molecule has 1 atom stereocenters. The molecule has 2 heterocycles. The van der Waals surface area contributed by atoms with Crippen molar-refractivity contribution in [2.75, 3.05) is 13.1 Å². The Morgan fingerprint density at radius 2 is 2.27 bits per heavy atom. The number of unbranched alkanes of at least 4 members (excludes halogenated alkanes) is 1. The smallest absolute Gasteiger partial charge is 0.121 e. The molecule has 5 nitrogen and oxygen atoms in total. The van der Waals surface area contributed by atoms with Crippen LogP contribution in [0.3, 0.4) is 0 Å². The maximum atomic E-state index is 8.31. The van der Waals surface area contributed by atoms with Gasteiger partial charge in [0.2, 0.25) is 0 Å². The summed E-state index contributed by atoms with van der Waals surface area (Å²) in [4.78, 5) is 14.7. The van der Waals surface area contributed by atoms with Crippen molar-refractivity contribution in [1.29, 1.82) is 0 Å². The Labute approximate surface area is 160 Å². The molecule has 0 saturated heterocycles. The van der Waals surface area contributed by atoms with Gasteiger partial charge in [-0.3, -0.25) is 9.88 Å². The SMILES string of the molecule is [2H]c1nc2c(c([2H])c1[2H])CCC[C@@H]2N(CCCCN)Cc1nc2c([2H])cccc2[nH]1. The van der Waals surface area contributed by atoms with Crippen LogP contribution in [0.5, 0.6) is 0 Å². The molecule has 5 heteroatoms. The summed E-state index contributed by atoms with van der Waals surface area (Å²) in [7, 11) is 0. The minimum absolute atomic E-state index is 0.0241. The van der Waals surface area contributed by atoms with E-state index >= 15 is 0 Å². The summed E-state index contributed by atoms with van der Waals surface area (Å²) in [6.07, 6.45) is 4.27. The highest BCUT2D eigenvalue weighted by Crippen LogP contribution is 2.33. The molecular formula is C21H27N5. The summed E-state index contributed by atoms with van der Waals surface area (Å²) in [6, 6.07) is 5.92. The molecule has 0 aliphatic heterocycles. The molecule has 0 amide bonds. The van der Waals surface area contributed by atoms with E-state index in [1.807, 2.05) is 12.1 Å². The zero-order valence-electron chi connectivity index (χ0n) is 18.9. The van der Waals surface area contributed by atoms with Gasteiger partial charge in [0.1, 0.15) is 5.82 Å². The van der Waals surface area contributed by atoms with Crippen molar-refractivity contribution in [3.8, 4) is 0 Å². The molecule has 3 aromatic rings. The molecule has 4 rings (SSSR count). The average Bonchev–Trinajstić information content (AvgIpc) is 3.15. The van der Waals surface area contributed by atoms with Crippen LogP contribution >= 0.6 is 0 Å². The van der Waals surface area contributed by atoms with E-state index in [2.05, 4.69) is 19.9 Å². The second-order valence-corrected chi connectivity index (χ2v) is 6.83. The summed E-state index contributed by atoms with van der Waals surface area (Å²) in [5, 5.41) is 0. The number of hydrogen-bond donors (Lipinski definition) is 2. The fraction of sp³-hybridized carbons (Fsp3) is 0.429. The zero-order chi connectivity index (χ0) is 21.3. The van der Waals surface area contributed by atoms with Gasteiger partial charge in [-0.15, -0.1) is 0 Å². The second kappa shape index (κ2) is 7.98. The van der Waals surface area contributed by atoms with Gasteiger partial charge in [-0.1, -0.05) is 18.2 Å². The van der Waals surface area contributed by atoms with Crippen molar-refractivity contribution in [2.24, 2.45) is 5.73 Å². The first kappa shape index (κ1) is 13.0. The number of H-pyrrole nitrogens is 1. The van der Waals surface area contributed by atoms with Crippen molar-refractivity contribution in [2.45, 2.75) is 44.7 Å². The molecule has 3 N–H and O–H groups in total. The maximum absolute atomic E-state index is 8.31. The molecule has 0 radical (unpaired) electrons. The summed E-state index contributed by atoms with van der Waals surface area (Å²) in [5.74, 6) is 0.791. The van der Waals surface area contributed by atoms with Crippen molar-refractivity contribution in [3.05, 3.63) is 59.6 Å². The van der Waals surface area contributed by atoms with Gasteiger partial charge >= 0.3 is 0 Å². The first-order valence-corrected chi connectivity index (χ1v) is 9.34. The summed E-state index contributed by atoms with van der Waals surface area (Å²) in [6.45, 7) is 2.00. The number of imidazole rings is 1. The molecule has 1 aromatic carbocycles. The molecular weight excluding hydrogens is 322 g/mol. The number of fused-ring (bicyclic) bond motifs is 2. The number of hydrogen-bond acceptors (Lipinski definition) is 4. The molecule has 0 saturated carbocycles. The molecule has 1 aliphatic carbocycles. The minimum atomic E-state index is -0.129. The van der Waals surface area contributed by atoms with E-state index in [0.29, 0.717) is 24.6 Å². The predicted octanol–water partition coefficient (Wildman–Crippen LogP) is 3.58. The fourth-order valence-electron chi connectivity index (χ4n) is 3.77. The van der Waals surface area contributed by atoms with Gasteiger partial charge in [0, 0.05) is 6.17 Å². The number of aromatic nitrogens is 3. The van der Waals surface area contributed by atoms with Crippen molar-refractivity contribution < 1.29 is 5.48 Å². The van der Waals surface area contributed by atoms with E-state index in [1.54, 1.807) is 6.07 Å². The van der Waals surface area contributed by atoms with Crippen LogP contribution in [0.15, 0.2) is 42.5 Å². The molecule has 2 aromatic heterocycles. The lowest BCUT2D eigenvalue weighted by Gasteiger charge is -2.34. The molecule has 26 heavy (non-hydrogen) atoms. The van der Waals surface area contributed by atoms with E-state index in [9.17, 15) is 0 Å². The van der Waals surface area contributed by atoms with Gasteiger partial charge in [0.05, 0.1) is 34.8 Å². The number of aromatic amines is 1. The minimum Gasteiger partial charge on any atom is -0.341 e. The number of nitrogens with one attached hydrogen (secondary N) is 1. The third-order valence-electron chi connectivity index (χ3n) is 5.03. The third kappa shape index (κ3) is 3.64. The number of rotatable bonds is 7. The van der Waals surface area contributed by atoms with E-state index < -0.39 is 0 Å². The molecule has 0 unspecified atom stereocenters. The molecule has 0 fully saturated rings. The van der Waals surface area contributed by atoms with Crippen LogP contribution in [0, 0.1) is 0 Å². The first-order valence-electron chi connectivity index (χ1n) is 11.3. The van der Waals surface area contributed by atoms with Crippen LogP contribution in [0.4, 0.5) is 0 Å². The van der Waals surface area contributed by atoms with Crippen LogP contribution < -0.4 is 5.73 Å². The first-order chi connectivity index (χ1) is 14.5. The Balaban J connectivity index is 1.68. The standard InChI is InChI=1S/C21H27N5/c22-12-3-4-14-26(15-20-24-17-9-1-2-10-18(17)25-20)19-11-5-7-16-8-6-13-23-21(16)19/h1-2,6,8-10,13,19H,3-5,7,11-12,14-15,22H2,(H,24,25)/t19-/m0/s1/i6D,8D,9D,13D. The Morgan fingerprint density at radius 1 is 1.31 bits per heavy atom. The number of pyridine rings is 1. The van der Waals surface area contributed by atoms with Gasteiger partial charge in [-0.25, -0.2) is 4.98 Å². The highest BCUT2D eigenvalue weighted by molar-refractivity contribution is 5.74. The second-order valence-electron chi connectivity index (χ2n) is 6.83. The fourth-order valence-corrected chi connectivity index (χ4v) is 3.77. The topological polar surface area (TPSA) is 70.8 Å². The molecule has 0 spiro atoms. The highest BCUT2D eigenvalue weighted by atomic mass is 15.2. The normalized spacial score (nSPS) is 19.1. The lowest BCUT2D eigenvalue weighted by Crippen LogP contribution is -2.33. The van der Waals surface area contributed by atoms with E-state index in [-0.39, 0.29) is 24.3 Å². The number of nitrogens with two attached hydrogens (primary N) is 1. The van der Waals surface area contributed by atoms with Crippen molar-refractivity contribution in [1.82, 2.24) is 19.9 Å². The van der Waals surface area contributed by atoms with Gasteiger partial charge in [-0.2, -0.15) is 0 Å². The molecule has 0 bridgehead atoms. The van der Waals surface area contributed by atoms with Gasteiger partial charge in [-0.05, 0) is 68.9 Å². The van der Waals surface area contributed by atoms with Crippen molar-refractivity contribution >= 4 is 11.0 Å². The third-order valence-corrected chi connectivity index (χ3v) is 5.03. The number of para-hydroxylation sites is 2. The monoisotopic (exact) mass is 353 g/mol. The van der Waals surface area contributed by atoms with Gasteiger partial charge in [0.15, 0.2) is 0 Å². The summed E-state index contributed by atoms with van der Waals surface area (Å²) >= 11 is 0. The van der Waals surface area contributed by atoms with Gasteiger partial charge < -0.3 is 10.7 Å². The van der Waals surface area contributed by atoms with Crippen LogP contribution in [-0.2, 0) is 13.0 Å². The van der Waals surface area contributed by atoms with Gasteiger partial charge in [0.25, 0.3) is 0 Å². The Hall–Kier alpha value is -2.24. The van der Waals surface area contributed by atoms with Crippen LogP contribution in [0.1, 0.15) is 54.3 Å². The van der Waals surface area contributed by atoms with Crippen LogP contribution in [-0.4, -0.2) is 32.9 Å². The number of nitrogens with zero attached hydrogens (tertiary/aromatic N) is 3. The predicted molar refractivity (Wildman–Crippen MR) is 105 cm³/mol. The van der Waals surface area contributed by atoms with E-state index in [4.69, 9.17) is 11.2 Å². The lowest BCUT2D eigenvalue weighted by molar-refractivity contribution is 0.159. The molecule has 1 aliphatic rings. The Kier molecular flexibility index (Phi) is 3.99. The Bertz CT molecular complexity index is 1050. The highest BCUT2D eigenvalue weighted by Gasteiger charge is 2.27. The van der Waals surface area contributed by atoms with Crippen molar-refractivity contribution in [3.63, 3.8) is 0 Å². The lowest BCUT2D eigenvalue weighted by atomic mass is 9.90. The van der Waals surface area contributed by atoms with Crippen LogP contribution in [0.2, 0.25) is 0 Å². The average molecular weight is 354 g/mol. The zero-order valence-corrected chi connectivity index (χ0v) is 14.9. The summed E-state index contributed by atoms with van der Waals surface area (Å²) in [5.41, 5.74) is 8.78. The maximum Gasteiger partial charge on any atom is 0.121 e. The largest absolute Gasteiger partial charge is 0.341 e. The van der Waals surface area contributed by atoms with Crippen LogP contribution in [0.25, 0.3) is 11.0 Å². The molecule has 136 valence electrons. The quantitative estimate of drug-likeness (QED) is 0.637. The van der Waals surface area contributed by atoms with E-state index in [1.165, 1.54) is 0 Å². The summed E-state index contributed by atoms with van der Waals surface area (Å²) < 4.78 is 32.4. The van der Waals surface area contributed by atoms with E-state index in [0.717, 1.165) is 61.2 Å².